The van der Waals surface area contributed by atoms with Crippen LogP contribution in [-0.2, 0) is 17.1 Å². The quantitative estimate of drug-likeness (QED) is 0.411. The van der Waals surface area contributed by atoms with Crippen LogP contribution >= 0.6 is 11.8 Å². The molecule has 9 nitrogen and oxygen atoms in total. The monoisotopic (exact) mass is 474 g/mol. The molecule has 11 heteroatoms. The van der Waals surface area contributed by atoms with Crippen molar-refractivity contribution in [3.63, 3.8) is 0 Å². The number of rotatable bonds is 7. The van der Waals surface area contributed by atoms with E-state index in [1.54, 1.807) is 35.8 Å². The van der Waals surface area contributed by atoms with Crippen molar-refractivity contribution in [1.29, 1.82) is 0 Å². The molecule has 168 valence electrons. The summed E-state index contributed by atoms with van der Waals surface area (Å²) in [5.74, 6) is 1.85. The molecule has 0 bridgehead atoms. The molecular formula is C21H22N4O5S2. The minimum absolute atomic E-state index is 0.100. The molecule has 0 fully saturated rings. The SMILES string of the molecule is C[C@@H](Sc1nnc([C@@H]2COc3ccccc3O2)n1C)C(=O)c1ccc(NS(C)(=O)=O)cc1. The molecule has 2 heterocycles. The predicted octanol–water partition coefficient (Wildman–Crippen LogP) is 3.06. The fourth-order valence-electron chi connectivity index (χ4n) is 3.22. The van der Waals surface area contributed by atoms with Crippen LogP contribution in [0.4, 0.5) is 5.69 Å². The van der Waals surface area contributed by atoms with E-state index in [0.29, 0.717) is 40.3 Å². The molecule has 0 unspecified atom stereocenters. The van der Waals surface area contributed by atoms with Gasteiger partial charge in [-0.25, -0.2) is 8.42 Å². The van der Waals surface area contributed by atoms with Crippen molar-refractivity contribution < 1.29 is 22.7 Å². The van der Waals surface area contributed by atoms with E-state index in [0.717, 1.165) is 6.26 Å². The van der Waals surface area contributed by atoms with Crippen molar-refractivity contribution >= 4 is 33.3 Å². The Bertz CT molecular complexity index is 1240. The van der Waals surface area contributed by atoms with Crippen LogP contribution in [0.3, 0.4) is 0 Å². The third-order valence-electron chi connectivity index (χ3n) is 4.79. The Hall–Kier alpha value is -3.05. The highest BCUT2D eigenvalue weighted by atomic mass is 32.2. The molecule has 1 N–H and O–H groups in total. The molecule has 4 rings (SSSR count). The molecule has 1 aliphatic rings. The Labute approximate surface area is 190 Å². The second-order valence-electron chi connectivity index (χ2n) is 7.34. The van der Waals surface area contributed by atoms with Crippen molar-refractivity contribution in [2.45, 2.75) is 23.4 Å². The lowest BCUT2D eigenvalue weighted by molar-refractivity contribution is 0.0825. The summed E-state index contributed by atoms with van der Waals surface area (Å²) in [6, 6.07) is 13.8. The highest BCUT2D eigenvalue weighted by Crippen LogP contribution is 2.36. The van der Waals surface area contributed by atoms with Gasteiger partial charge in [-0.05, 0) is 43.3 Å². The van der Waals surface area contributed by atoms with Gasteiger partial charge >= 0.3 is 0 Å². The third-order valence-corrected chi connectivity index (χ3v) is 6.53. The summed E-state index contributed by atoms with van der Waals surface area (Å²) < 4.78 is 38.6. The van der Waals surface area contributed by atoms with Gasteiger partial charge in [0.25, 0.3) is 0 Å². The highest BCUT2D eigenvalue weighted by molar-refractivity contribution is 8.00. The molecule has 0 spiro atoms. The maximum absolute atomic E-state index is 12.8. The Kier molecular flexibility index (Phi) is 6.11. The molecule has 2 atom stereocenters. The molecule has 0 amide bonds. The van der Waals surface area contributed by atoms with Gasteiger partial charge < -0.3 is 14.0 Å². The molecule has 0 radical (unpaired) electrons. The van der Waals surface area contributed by atoms with Crippen molar-refractivity contribution in [2.24, 2.45) is 7.05 Å². The molecule has 1 aromatic heterocycles. The number of carbonyl (C=O) groups excluding carboxylic acids is 1. The van der Waals surface area contributed by atoms with Gasteiger partial charge in [0.2, 0.25) is 10.0 Å². The lowest BCUT2D eigenvalue weighted by Gasteiger charge is -2.25. The Morgan fingerprint density at radius 1 is 1.16 bits per heavy atom. The number of thioether (sulfide) groups is 1. The first-order chi connectivity index (χ1) is 15.2. The largest absolute Gasteiger partial charge is 0.485 e. The van der Waals surface area contributed by atoms with E-state index in [-0.39, 0.29) is 5.78 Å². The van der Waals surface area contributed by atoms with Gasteiger partial charge in [-0.3, -0.25) is 9.52 Å². The van der Waals surface area contributed by atoms with Crippen LogP contribution in [-0.4, -0.2) is 47.1 Å². The number of hydrogen-bond acceptors (Lipinski definition) is 8. The number of nitrogens with one attached hydrogen (secondary N) is 1. The number of hydrogen-bond donors (Lipinski definition) is 1. The van der Waals surface area contributed by atoms with E-state index < -0.39 is 21.4 Å². The van der Waals surface area contributed by atoms with Gasteiger partial charge in [0, 0.05) is 18.3 Å². The molecule has 32 heavy (non-hydrogen) atoms. The maximum atomic E-state index is 12.8. The second-order valence-corrected chi connectivity index (χ2v) is 10.4. The number of anilines is 1. The number of carbonyl (C=O) groups is 1. The standard InChI is InChI=1S/C21H22N4O5S2/c1-13(19(26)14-8-10-15(11-9-14)24-32(3,27)28)31-21-23-22-20(25(21)2)18-12-29-16-6-4-5-7-17(16)30-18/h4-11,13,18,24H,12H2,1-3H3/t13-,18+/m1/s1. The van der Waals surface area contributed by atoms with Crippen LogP contribution in [0.5, 0.6) is 11.5 Å². The summed E-state index contributed by atoms with van der Waals surface area (Å²) in [6.07, 6.45) is 0.668. The predicted molar refractivity (Wildman–Crippen MR) is 121 cm³/mol. The summed E-state index contributed by atoms with van der Waals surface area (Å²) >= 11 is 1.29. The number of ether oxygens (including phenoxy) is 2. The van der Waals surface area contributed by atoms with Crippen LogP contribution in [0, 0.1) is 0 Å². The van der Waals surface area contributed by atoms with Gasteiger partial charge in [0.05, 0.1) is 11.5 Å². The number of sulfonamides is 1. The molecule has 0 aliphatic carbocycles. The number of ketones is 1. The van der Waals surface area contributed by atoms with E-state index in [1.807, 2.05) is 31.3 Å². The fourth-order valence-corrected chi connectivity index (χ4v) is 4.68. The molecule has 0 saturated carbocycles. The number of aromatic nitrogens is 3. The minimum atomic E-state index is -3.37. The summed E-state index contributed by atoms with van der Waals surface area (Å²) in [6.45, 7) is 2.11. The number of para-hydroxylation sites is 2. The zero-order chi connectivity index (χ0) is 22.9. The van der Waals surface area contributed by atoms with E-state index in [1.165, 1.54) is 11.8 Å². The first-order valence-corrected chi connectivity index (χ1v) is 12.5. The minimum Gasteiger partial charge on any atom is -0.485 e. The van der Waals surface area contributed by atoms with Crippen LogP contribution in [0.25, 0.3) is 0 Å². The number of Topliss-reactive ketones (excluding diaryl/α,β-unsaturated/α-hetero) is 1. The van der Waals surface area contributed by atoms with Gasteiger partial charge in [-0.15, -0.1) is 10.2 Å². The lowest BCUT2D eigenvalue weighted by atomic mass is 10.1. The van der Waals surface area contributed by atoms with Gasteiger partial charge in [-0.2, -0.15) is 0 Å². The topological polar surface area (TPSA) is 112 Å². The summed E-state index contributed by atoms with van der Waals surface area (Å²) in [5.41, 5.74) is 0.880. The van der Waals surface area contributed by atoms with Gasteiger partial charge in [0.15, 0.2) is 34.4 Å². The highest BCUT2D eigenvalue weighted by Gasteiger charge is 2.28. The number of benzene rings is 2. The summed E-state index contributed by atoms with van der Waals surface area (Å²) in [5, 5.41) is 8.64. The van der Waals surface area contributed by atoms with Gasteiger partial charge in [0.1, 0.15) is 6.61 Å². The first kappa shape index (κ1) is 22.2. The molecule has 3 aromatic rings. The molecule has 0 saturated heterocycles. The van der Waals surface area contributed by atoms with Crippen molar-refractivity contribution in [1.82, 2.24) is 14.8 Å². The van der Waals surface area contributed by atoms with Crippen LogP contribution in [0.2, 0.25) is 0 Å². The van der Waals surface area contributed by atoms with Crippen molar-refractivity contribution in [3.8, 4) is 11.5 Å². The number of fused-ring (bicyclic) bond motifs is 1. The second kappa shape index (κ2) is 8.83. The molecular weight excluding hydrogens is 452 g/mol. The third kappa shape index (κ3) is 4.89. The average Bonchev–Trinajstić information content (AvgIpc) is 3.12. The number of nitrogens with zero attached hydrogens (tertiary/aromatic N) is 3. The molecule has 1 aliphatic heterocycles. The van der Waals surface area contributed by atoms with Crippen LogP contribution in [0.15, 0.2) is 53.7 Å². The normalized spacial score (nSPS) is 16.4. The fraction of sp³-hybridized carbons (Fsp3) is 0.286. The van der Waals surface area contributed by atoms with E-state index >= 15 is 0 Å². The first-order valence-electron chi connectivity index (χ1n) is 9.78. The Balaban J connectivity index is 1.43. The van der Waals surface area contributed by atoms with E-state index in [2.05, 4.69) is 14.9 Å². The Morgan fingerprint density at radius 2 is 1.84 bits per heavy atom. The van der Waals surface area contributed by atoms with E-state index in [9.17, 15) is 13.2 Å². The van der Waals surface area contributed by atoms with Crippen LogP contribution < -0.4 is 14.2 Å². The lowest BCUT2D eigenvalue weighted by Crippen LogP contribution is -2.24. The molecule has 2 aromatic carbocycles. The zero-order valence-electron chi connectivity index (χ0n) is 17.7. The van der Waals surface area contributed by atoms with Crippen LogP contribution in [0.1, 0.15) is 29.2 Å². The average molecular weight is 475 g/mol. The smallest absolute Gasteiger partial charge is 0.229 e. The Morgan fingerprint density at radius 3 is 2.53 bits per heavy atom. The zero-order valence-corrected chi connectivity index (χ0v) is 19.3. The van der Waals surface area contributed by atoms with Crippen molar-refractivity contribution in [2.75, 3.05) is 17.6 Å². The maximum Gasteiger partial charge on any atom is 0.229 e. The summed E-state index contributed by atoms with van der Waals surface area (Å²) in [4.78, 5) is 12.8. The summed E-state index contributed by atoms with van der Waals surface area (Å²) in [7, 11) is -1.55. The van der Waals surface area contributed by atoms with Crippen molar-refractivity contribution in [3.05, 3.63) is 59.9 Å². The van der Waals surface area contributed by atoms with Gasteiger partial charge in [-0.1, -0.05) is 23.9 Å². The van der Waals surface area contributed by atoms with E-state index in [4.69, 9.17) is 9.47 Å².